The summed E-state index contributed by atoms with van der Waals surface area (Å²) in [5.41, 5.74) is 0.690. The molecule has 0 unspecified atom stereocenters. The highest BCUT2D eigenvalue weighted by molar-refractivity contribution is 5.68. The van der Waals surface area contributed by atoms with Gasteiger partial charge in [0.15, 0.2) is 0 Å². The summed E-state index contributed by atoms with van der Waals surface area (Å²) >= 11 is 0. The fraction of sp³-hybridized carbons (Fsp3) is 0.182. The van der Waals surface area contributed by atoms with Gasteiger partial charge in [0, 0.05) is 0 Å². The van der Waals surface area contributed by atoms with Crippen molar-refractivity contribution in [2.45, 2.75) is 12.8 Å². The van der Waals surface area contributed by atoms with Gasteiger partial charge in [-0.3, -0.25) is 4.79 Å². The highest BCUT2D eigenvalue weighted by Crippen LogP contribution is 2.10. The van der Waals surface area contributed by atoms with Crippen molar-refractivity contribution >= 4 is 5.97 Å². The zero-order chi connectivity index (χ0) is 12.3. The van der Waals surface area contributed by atoms with Gasteiger partial charge in [-0.2, -0.15) is 0 Å². The Kier molecular flexibility index (Phi) is 3.13. The first kappa shape index (κ1) is 11.3. The van der Waals surface area contributed by atoms with E-state index in [-0.39, 0.29) is 30.4 Å². The summed E-state index contributed by atoms with van der Waals surface area (Å²) in [5.74, 6) is -1.06. The number of nitrogens with zero attached hydrogens (tertiary/aromatic N) is 2. The topological polar surface area (TPSA) is 76.2 Å². The molecule has 0 radical (unpaired) electrons. The maximum Gasteiger partial charge on any atom is 0.312 e. The van der Waals surface area contributed by atoms with Crippen LogP contribution in [0.5, 0.6) is 0 Å². The molecule has 1 N–H and O–H groups in total. The van der Waals surface area contributed by atoms with Gasteiger partial charge >= 0.3 is 5.97 Å². The van der Waals surface area contributed by atoms with E-state index in [1.807, 2.05) is 0 Å². The van der Waals surface area contributed by atoms with Crippen molar-refractivity contribution in [3.8, 4) is 0 Å². The quantitative estimate of drug-likeness (QED) is 0.868. The number of aliphatic carboxylic acids is 1. The lowest BCUT2D eigenvalue weighted by atomic mass is 10.1. The molecule has 0 saturated heterocycles. The minimum Gasteiger partial charge on any atom is -0.481 e. The molecule has 0 aliphatic rings. The molecule has 1 aromatic carbocycles. The van der Waals surface area contributed by atoms with E-state index in [2.05, 4.69) is 10.2 Å². The van der Waals surface area contributed by atoms with E-state index in [1.54, 1.807) is 12.1 Å². The molecule has 0 amide bonds. The molecular weight excluding hydrogens is 227 g/mol. The number of carboxylic acids is 1. The maximum absolute atomic E-state index is 12.9. The number of hydrogen-bond donors (Lipinski definition) is 1. The van der Waals surface area contributed by atoms with Gasteiger partial charge in [0.05, 0.1) is 6.42 Å². The zero-order valence-electron chi connectivity index (χ0n) is 8.76. The van der Waals surface area contributed by atoms with Gasteiger partial charge in [0.1, 0.15) is 12.2 Å². The van der Waals surface area contributed by atoms with Gasteiger partial charge in [-0.1, -0.05) is 12.1 Å². The van der Waals surface area contributed by atoms with Crippen molar-refractivity contribution in [2.24, 2.45) is 0 Å². The van der Waals surface area contributed by atoms with Crippen LogP contribution in [-0.2, 0) is 17.6 Å². The molecule has 5 nitrogen and oxygen atoms in total. The number of benzene rings is 1. The van der Waals surface area contributed by atoms with E-state index in [1.165, 1.54) is 12.1 Å². The fourth-order valence-electron chi connectivity index (χ4n) is 1.38. The minimum absolute atomic E-state index is 0.0453. The number of carboxylic acid groups (broad SMARTS) is 1. The first-order valence-electron chi connectivity index (χ1n) is 4.91. The molecular formula is C11H9FN2O3. The molecule has 2 rings (SSSR count). The number of carbonyl (C=O) groups is 1. The Morgan fingerprint density at radius 3 is 2.82 bits per heavy atom. The highest BCUT2D eigenvalue weighted by atomic mass is 19.1. The monoisotopic (exact) mass is 236 g/mol. The smallest absolute Gasteiger partial charge is 0.312 e. The first-order chi connectivity index (χ1) is 8.13. The van der Waals surface area contributed by atoms with Crippen molar-refractivity contribution in [3.05, 3.63) is 47.4 Å². The maximum atomic E-state index is 12.9. The number of aromatic nitrogens is 2. The van der Waals surface area contributed by atoms with Crippen molar-refractivity contribution in [2.75, 3.05) is 0 Å². The van der Waals surface area contributed by atoms with Crippen molar-refractivity contribution in [3.63, 3.8) is 0 Å². The number of hydrogen-bond acceptors (Lipinski definition) is 4. The molecule has 2 aromatic rings. The van der Waals surface area contributed by atoms with Crippen LogP contribution in [0.3, 0.4) is 0 Å². The second kappa shape index (κ2) is 4.73. The Morgan fingerprint density at radius 2 is 2.12 bits per heavy atom. The first-order valence-corrected chi connectivity index (χ1v) is 4.91. The molecule has 0 aliphatic carbocycles. The lowest BCUT2D eigenvalue weighted by Gasteiger charge is -1.96. The van der Waals surface area contributed by atoms with E-state index in [0.29, 0.717) is 5.56 Å². The highest BCUT2D eigenvalue weighted by Gasteiger charge is 2.10. The summed E-state index contributed by atoms with van der Waals surface area (Å²) in [6.45, 7) is 0. The number of halogens is 1. The Labute approximate surface area is 95.9 Å². The third-order valence-electron chi connectivity index (χ3n) is 2.06. The van der Waals surface area contributed by atoms with Crippen LogP contribution in [0.15, 0.2) is 28.7 Å². The molecule has 0 saturated carbocycles. The molecule has 0 atom stereocenters. The van der Waals surface area contributed by atoms with E-state index in [0.717, 1.165) is 0 Å². The van der Waals surface area contributed by atoms with Crippen molar-refractivity contribution in [1.29, 1.82) is 0 Å². The molecule has 17 heavy (non-hydrogen) atoms. The predicted octanol–water partition coefficient (Wildman–Crippen LogP) is 1.43. The normalized spacial score (nSPS) is 10.4. The summed E-state index contributed by atoms with van der Waals surface area (Å²) in [6, 6.07) is 6.01. The molecule has 1 aromatic heterocycles. The van der Waals surface area contributed by atoms with Crippen LogP contribution < -0.4 is 0 Å². The van der Waals surface area contributed by atoms with Gasteiger partial charge in [-0.05, 0) is 17.7 Å². The Bertz CT molecular complexity index is 539. The van der Waals surface area contributed by atoms with Gasteiger partial charge in [0.2, 0.25) is 11.8 Å². The van der Waals surface area contributed by atoms with Crippen LogP contribution in [0.2, 0.25) is 0 Å². The van der Waals surface area contributed by atoms with E-state index >= 15 is 0 Å². The second-order valence-electron chi connectivity index (χ2n) is 3.47. The Hall–Kier alpha value is -2.24. The van der Waals surface area contributed by atoms with Crippen molar-refractivity contribution < 1.29 is 18.7 Å². The van der Waals surface area contributed by atoms with Gasteiger partial charge in [-0.15, -0.1) is 10.2 Å². The Balaban J connectivity index is 2.08. The summed E-state index contributed by atoms with van der Waals surface area (Å²) in [5, 5.41) is 15.8. The van der Waals surface area contributed by atoms with Crippen LogP contribution in [0.4, 0.5) is 4.39 Å². The fourth-order valence-corrected chi connectivity index (χ4v) is 1.38. The average molecular weight is 236 g/mol. The van der Waals surface area contributed by atoms with Gasteiger partial charge < -0.3 is 9.52 Å². The summed E-state index contributed by atoms with van der Waals surface area (Å²) in [4.78, 5) is 10.4. The lowest BCUT2D eigenvalue weighted by molar-refractivity contribution is -0.136. The minimum atomic E-state index is -1.04. The van der Waals surface area contributed by atoms with E-state index in [9.17, 15) is 9.18 Å². The lowest BCUT2D eigenvalue weighted by Crippen LogP contribution is -1.99. The summed E-state index contributed by atoms with van der Waals surface area (Å²) < 4.78 is 18.0. The summed E-state index contributed by atoms with van der Waals surface area (Å²) in [6.07, 6.45) is -0.0273. The molecule has 0 aliphatic heterocycles. The van der Waals surface area contributed by atoms with Gasteiger partial charge in [0.25, 0.3) is 0 Å². The third kappa shape index (κ3) is 3.10. The molecule has 1 heterocycles. The predicted molar refractivity (Wildman–Crippen MR) is 54.8 cm³/mol. The van der Waals surface area contributed by atoms with Crippen molar-refractivity contribution in [1.82, 2.24) is 10.2 Å². The molecule has 88 valence electrons. The zero-order valence-corrected chi connectivity index (χ0v) is 8.76. The van der Waals surface area contributed by atoms with E-state index in [4.69, 9.17) is 9.52 Å². The van der Waals surface area contributed by atoms with Crippen LogP contribution in [0.25, 0.3) is 0 Å². The molecule has 0 spiro atoms. The average Bonchev–Trinajstić information content (AvgIpc) is 2.64. The van der Waals surface area contributed by atoms with Crippen LogP contribution in [-0.4, -0.2) is 21.3 Å². The van der Waals surface area contributed by atoms with E-state index < -0.39 is 5.97 Å². The van der Waals surface area contributed by atoms with Crippen LogP contribution >= 0.6 is 0 Å². The Morgan fingerprint density at radius 1 is 1.35 bits per heavy atom. The number of rotatable bonds is 4. The van der Waals surface area contributed by atoms with Crippen LogP contribution in [0, 0.1) is 5.82 Å². The molecule has 6 heteroatoms. The largest absolute Gasteiger partial charge is 0.481 e. The van der Waals surface area contributed by atoms with Gasteiger partial charge in [-0.25, -0.2) is 4.39 Å². The molecule has 0 bridgehead atoms. The SMILES string of the molecule is O=C(O)Cc1nnc(Cc2cccc(F)c2)o1. The second-order valence-corrected chi connectivity index (χ2v) is 3.47. The van der Waals surface area contributed by atoms with Crippen LogP contribution in [0.1, 0.15) is 17.3 Å². The third-order valence-corrected chi connectivity index (χ3v) is 2.06. The standard InChI is InChI=1S/C11H9FN2O3/c12-8-3-1-2-7(4-8)5-9-13-14-10(17-9)6-11(15)16/h1-4H,5-6H2,(H,15,16). The summed E-state index contributed by atoms with van der Waals surface area (Å²) in [7, 11) is 0. The molecule has 0 fully saturated rings.